The van der Waals surface area contributed by atoms with E-state index in [1.54, 1.807) is 7.11 Å². The van der Waals surface area contributed by atoms with Crippen molar-refractivity contribution < 1.29 is 14.3 Å². The molecule has 1 atom stereocenters. The number of benzene rings is 1. The Morgan fingerprint density at radius 3 is 2.79 bits per heavy atom. The molecular formula is C23H29N3O3. The molecule has 1 aliphatic heterocycles. The summed E-state index contributed by atoms with van der Waals surface area (Å²) in [5.41, 5.74) is 2.37. The van der Waals surface area contributed by atoms with Crippen LogP contribution in [0, 0.1) is 5.92 Å². The van der Waals surface area contributed by atoms with Gasteiger partial charge in [-0.1, -0.05) is 31.0 Å². The zero-order valence-electron chi connectivity index (χ0n) is 17.0. The minimum Gasteiger partial charge on any atom is -0.383 e. The normalized spacial score (nSPS) is 19.8. The van der Waals surface area contributed by atoms with Crippen LogP contribution < -0.4 is 5.32 Å². The molecule has 0 radical (unpaired) electrons. The Labute approximate surface area is 171 Å². The number of nitrogens with one attached hydrogen (secondary N) is 1. The summed E-state index contributed by atoms with van der Waals surface area (Å²) in [6.45, 7) is 2.42. The van der Waals surface area contributed by atoms with Crippen molar-refractivity contribution in [2.24, 2.45) is 5.92 Å². The van der Waals surface area contributed by atoms with Gasteiger partial charge >= 0.3 is 0 Å². The second kappa shape index (κ2) is 8.91. The number of hydrogen-bond donors (Lipinski definition) is 1. The van der Waals surface area contributed by atoms with Crippen molar-refractivity contribution in [1.29, 1.82) is 0 Å². The predicted molar refractivity (Wildman–Crippen MR) is 112 cm³/mol. The van der Waals surface area contributed by atoms with Crippen LogP contribution in [-0.2, 0) is 9.53 Å². The second-order valence-corrected chi connectivity index (χ2v) is 8.11. The summed E-state index contributed by atoms with van der Waals surface area (Å²) in [5.74, 6) is 0.582. The molecule has 1 aliphatic carbocycles. The van der Waals surface area contributed by atoms with Gasteiger partial charge in [0.15, 0.2) is 0 Å². The van der Waals surface area contributed by atoms with E-state index in [0.29, 0.717) is 31.2 Å². The van der Waals surface area contributed by atoms with Crippen LogP contribution in [0.3, 0.4) is 0 Å². The molecule has 0 unspecified atom stereocenters. The molecule has 0 spiro atoms. The number of fused-ring (bicyclic) bond motifs is 1. The monoisotopic (exact) mass is 395 g/mol. The molecule has 1 aromatic heterocycles. The third-order valence-corrected chi connectivity index (χ3v) is 6.19. The molecule has 2 amide bonds. The van der Waals surface area contributed by atoms with Crippen LogP contribution in [0.15, 0.2) is 30.3 Å². The zero-order chi connectivity index (χ0) is 20.2. The van der Waals surface area contributed by atoms with Crippen LogP contribution in [0.1, 0.15) is 54.1 Å². The van der Waals surface area contributed by atoms with Gasteiger partial charge in [-0.05, 0) is 31.4 Å². The molecule has 2 aromatic rings. The maximum absolute atomic E-state index is 12.8. The van der Waals surface area contributed by atoms with Gasteiger partial charge in [-0.3, -0.25) is 14.6 Å². The Kier molecular flexibility index (Phi) is 6.09. The van der Waals surface area contributed by atoms with Gasteiger partial charge in [0.2, 0.25) is 5.91 Å². The Bertz CT molecular complexity index is 892. The lowest BCUT2D eigenvalue weighted by Crippen LogP contribution is -2.33. The summed E-state index contributed by atoms with van der Waals surface area (Å²) in [7, 11) is 1.62. The summed E-state index contributed by atoms with van der Waals surface area (Å²) in [4.78, 5) is 32.4. The first-order chi connectivity index (χ1) is 14.2. The number of hydrogen-bond acceptors (Lipinski definition) is 4. The summed E-state index contributed by atoms with van der Waals surface area (Å²) in [5, 5.41) is 3.77. The van der Waals surface area contributed by atoms with Crippen LogP contribution >= 0.6 is 0 Å². The molecule has 2 aliphatic rings. The fourth-order valence-electron chi connectivity index (χ4n) is 4.59. The number of pyridine rings is 1. The number of carbonyl (C=O) groups excluding carboxylic acids is 2. The zero-order valence-corrected chi connectivity index (χ0v) is 17.0. The molecule has 154 valence electrons. The third kappa shape index (κ3) is 4.27. The van der Waals surface area contributed by atoms with Crippen LogP contribution in [0.5, 0.6) is 0 Å². The van der Waals surface area contributed by atoms with E-state index in [1.165, 1.54) is 12.8 Å². The van der Waals surface area contributed by atoms with Crippen LogP contribution in [0.25, 0.3) is 10.9 Å². The largest absolute Gasteiger partial charge is 0.383 e. The summed E-state index contributed by atoms with van der Waals surface area (Å²) in [6, 6.07) is 9.66. The lowest BCUT2D eigenvalue weighted by atomic mass is 9.99. The molecule has 2 fully saturated rings. The quantitative estimate of drug-likeness (QED) is 0.763. The highest BCUT2D eigenvalue weighted by Gasteiger charge is 2.33. The van der Waals surface area contributed by atoms with Crippen molar-refractivity contribution in [3.63, 3.8) is 0 Å². The minimum atomic E-state index is -0.112. The van der Waals surface area contributed by atoms with Gasteiger partial charge < -0.3 is 15.0 Å². The van der Waals surface area contributed by atoms with E-state index >= 15 is 0 Å². The van der Waals surface area contributed by atoms with Gasteiger partial charge in [0, 0.05) is 49.7 Å². The number of para-hydroxylation sites is 1. The van der Waals surface area contributed by atoms with Gasteiger partial charge in [-0.25, -0.2) is 0 Å². The number of nitrogens with zero attached hydrogens (tertiary/aromatic N) is 2. The number of carbonyl (C=O) groups is 2. The first-order valence-electron chi connectivity index (χ1n) is 10.6. The van der Waals surface area contributed by atoms with E-state index in [-0.39, 0.29) is 17.7 Å². The Morgan fingerprint density at radius 2 is 2.00 bits per heavy atom. The SMILES string of the molecule is COCCNC(=O)c1cc([C@@H]2CCN(C(=O)C3CCCC3)C2)nc2ccccc12. The Hall–Kier alpha value is -2.47. The average molecular weight is 396 g/mol. The van der Waals surface area contributed by atoms with E-state index in [1.807, 2.05) is 35.2 Å². The molecule has 1 saturated carbocycles. The first kappa shape index (κ1) is 19.8. The highest BCUT2D eigenvalue weighted by atomic mass is 16.5. The van der Waals surface area contributed by atoms with E-state index in [4.69, 9.17) is 9.72 Å². The van der Waals surface area contributed by atoms with E-state index in [0.717, 1.165) is 42.4 Å². The Morgan fingerprint density at radius 1 is 1.21 bits per heavy atom. The van der Waals surface area contributed by atoms with Crippen molar-refractivity contribution in [3.8, 4) is 0 Å². The fourth-order valence-corrected chi connectivity index (χ4v) is 4.59. The Balaban J connectivity index is 1.56. The average Bonchev–Trinajstić information content (AvgIpc) is 3.45. The van der Waals surface area contributed by atoms with E-state index in [2.05, 4.69) is 5.32 Å². The third-order valence-electron chi connectivity index (χ3n) is 6.19. The molecule has 1 N–H and O–H groups in total. The van der Waals surface area contributed by atoms with Crippen LogP contribution in [-0.4, -0.2) is 55.0 Å². The van der Waals surface area contributed by atoms with Crippen LogP contribution in [0.4, 0.5) is 0 Å². The van der Waals surface area contributed by atoms with Gasteiger partial charge in [0.25, 0.3) is 5.91 Å². The molecule has 6 nitrogen and oxygen atoms in total. The van der Waals surface area contributed by atoms with Gasteiger partial charge in [0.05, 0.1) is 17.7 Å². The molecule has 6 heteroatoms. The predicted octanol–water partition coefficient (Wildman–Crippen LogP) is 3.12. The highest BCUT2D eigenvalue weighted by Crippen LogP contribution is 2.33. The fraction of sp³-hybridized carbons (Fsp3) is 0.522. The van der Waals surface area contributed by atoms with E-state index < -0.39 is 0 Å². The topological polar surface area (TPSA) is 71.5 Å². The van der Waals surface area contributed by atoms with Crippen molar-refractivity contribution >= 4 is 22.7 Å². The van der Waals surface area contributed by atoms with Crippen LogP contribution in [0.2, 0.25) is 0 Å². The number of rotatable bonds is 6. The first-order valence-corrected chi connectivity index (χ1v) is 10.6. The van der Waals surface area contributed by atoms with Crippen molar-refractivity contribution in [2.75, 3.05) is 33.4 Å². The maximum atomic E-state index is 12.8. The minimum absolute atomic E-state index is 0.112. The molecule has 2 heterocycles. The summed E-state index contributed by atoms with van der Waals surface area (Å²) >= 11 is 0. The highest BCUT2D eigenvalue weighted by molar-refractivity contribution is 6.06. The number of amides is 2. The molecule has 1 saturated heterocycles. The molecule has 29 heavy (non-hydrogen) atoms. The van der Waals surface area contributed by atoms with Crippen molar-refractivity contribution in [1.82, 2.24) is 15.2 Å². The standard InChI is InChI=1S/C23H29N3O3/c1-29-13-11-24-22(27)19-14-21(25-20-9-5-4-8-18(19)20)17-10-12-26(15-17)23(28)16-6-2-3-7-16/h4-5,8-9,14,16-17H,2-3,6-7,10-13,15H2,1H3,(H,24,27)/t17-/m1/s1. The van der Waals surface area contributed by atoms with Gasteiger partial charge in [0.1, 0.15) is 0 Å². The van der Waals surface area contributed by atoms with Gasteiger partial charge in [-0.15, -0.1) is 0 Å². The molecule has 4 rings (SSSR count). The second-order valence-electron chi connectivity index (χ2n) is 8.11. The lowest BCUT2D eigenvalue weighted by molar-refractivity contribution is -0.134. The summed E-state index contributed by atoms with van der Waals surface area (Å²) in [6.07, 6.45) is 5.29. The van der Waals surface area contributed by atoms with E-state index in [9.17, 15) is 9.59 Å². The van der Waals surface area contributed by atoms with Crippen molar-refractivity contribution in [2.45, 2.75) is 38.0 Å². The molecule has 0 bridgehead atoms. The number of ether oxygens (including phenoxy) is 1. The summed E-state index contributed by atoms with van der Waals surface area (Å²) < 4.78 is 5.03. The van der Waals surface area contributed by atoms with Gasteiger partial charge in [-0.2, -0.15) is 0 Å². The smallest absolute Gasteiger partial charge is 0.252 e. The number of aromatic nitrogens is 1. The lowest BCUT2D eigenvalue weighted by Gasteiger charge is -2.20. The molecule has 1 aromatic carbocycles. The number of methoxy groups -OCH3 is 1. The van der Waals surface area contributed by atoms with Crippen molar-refractivity contribution in [3.05, 3.63) is 41.6 Å². The number of likely N-dealkylation sites (tertiary alicyclic amines) is 1. The maximum Gasteiger partial charge on any atom is 0.252 e. The molecular weight excluding hydrogens is 366 g/mol.